The minimum atomic E-state index is -0.194. The molecule has 0 fully saturated rings. The van der Waals surface area contributed by atoms with E-state index in [0.717, 1.165) is 17.0 Å². The molecule has 5 heteroatoms. The van der Waals surface area contributed by atoms with Crippen LogP contribution in [0.5, 0.6) is 5.75 Å². The largest absolute Gasteiger partial charge is 0.489 e. The molecule has 3 aromatic carbocycles. The number of anilines is 1. The van der Waals surface area contributed by atoms with E-state index in [9.17, 15) is 4.79 Å². The molecule has 1 N–H and O–H groups in total. The minimum Gasteiger partial charge on any atom is -0.489 e. The van der Waals surface area contributed by atoms with Crippen molar-refractivity contribution >= 4 is 23.4 Å². The van der Waals surface area contributed by atoms with Crippen LogP contribution < -0.4 is 10.1 Å². The quantitative estimate of drug-likeness (QED) is 0.600. The van der Waals surface area contributed by atoms with Gasteiger partial charge < -0.3 is 10.1 Å². The van der Waals surface area contributed by atoms with E-state index in [0.29, 0.717) is 16.9 Å². The van der Waals surface area contributed by atoms with Crippen molar-refractivity contribution in [2.75, 3.05) is 11.6 Å². The summed E-state index contributed by atoms with van der Waals surface area (Å²) in [7, 11) is 0. The van der Waals surface area contributed by atoms with Crippen LogP contribution in [0.25, 0.3) is 0 Å². The fraction of sp³-hybridized carbons (Fsp3) is 0.130. The SMILES string of the molecule is CSCc1ccc(NC(=O)c2cccc(OCc3ccccc3C#N)c2)cc1. The van der Waals surface area contributed by atoms with Crippen LogP contribution in [0.2, 0.25) is 0 Å². The molecule has 0 aromatic heterocycles. The van der Waals surface area contributed by atoms with Crippen LogP contribution in [-0.2, 0) is 12.4 Å². The number of hydrogen-bond acceptors (Lipinski definition) is 4. The fourth-order valence-corrected chi connectivity index (χ4v) is 3.22. The topological polar surface area (TPSA) is 62.1 Å². The molecule has 1 amide bonds. The van der Waals surface area contributed by atoms with E-state index in [2.05, 4.69) is 17.6 Å². The maximum atomic E-state index is 12.5. The van der Waals surface area contributed by atoms with E-state index in [-0.39, 0.29) is 12.5 Å². The van der Waals surface area contributed by atoms with Crippen LogP contribution in [0.4, 0.5) is 5.69 Å². The Morgan fingerprint density at radius 3 is 2.61 bits per heavy atom. The van der Waals surface area contributed by atoms with Gasteiger partial charge in [-0.3, -0.25) is 4.79 Å². The van der Waals surface area contributed by atoms with E-state index in [4.69, 9.17) is 10.00 Å². The molecule has 0 radical (unpaired) electrons. The summed E-state index contributed by atoms with van der Waals surface area (Å²) in [5.41, 5.74) is 3.88. The first-order chi connectivity index (χ1) is 13.7. The summed E-state index contributed by atoms with van der Waals surface area (Å²) < 4.78 is 5.78. The van der Waals surface area contributed by atoms with Crippen molar-refractivity contribution in [1.29, 1.82) is 5.26 Å². The van der Waals surface area contributed by atoms with Gasteiger partial charge in [0, 0.05) is 22.6 Å². The van der Waals surface area contributed by atoms with Crippen LogP contribution in [0, 0.1) is 11.3 Å². The first-order valence-electron chi connectivity index (χ1n) is 8.79. The number of rotatable bonds is 7. The molecule has 0 spiro atoms. The fourth-order valence-electron chi connectivity index (χ4n) is 2.70. The van der Waals surface area contributed by atoms with E-state index in [1.54, 1.807) is 42.1 Å². The lowest BCUT2D eigenvalue weighted by molar-refractivity contribution is 0.102. The van der Waals surface area contributed by atoms with Crippen molar-refractivity contribution in [2.45, 2.75) is 12.4 Å². The van der Waals surface area contributed by atoms with Crippen molar-refractivity contribution in [1.82, 2.24) is 0 Å². The van der Waals surface area contributed by atoms with Gasteiger partial charge >= 0.3 is 0 Å². The molecular weight excluding hydrogens is 368 g/mol. The second kappa shape index (κ2) is 9.63. The van der Waals surface area contributed by atoms with Gasteiger partial charge in [-0.2, -0.15) is 17.0 Å². The van der Waals surface area contributed by atoms with Crippen LogP contribution >= 0.6 is 11.8 Å². The molecule has 0 unspecified atom stereocenters. The standard InChI is InChI=1S/C23H20N2O2S/c1-28-16-17-9-11-21(12-10-17)25-23(26)18-7-4-8-22(13-18)27-15-20-6-3-2-5-19(20)14-24/h2-13H,15-16H2,1H3,(H,25,26). The van der Waals surface area contributed by atoms with Gasteiger partial charge in [-0.05, 0) is 48.2 Å². The summed E-state index contributed by atoms with van der Waals surface area (Å²) in [6, 6.07) is 24.3. The highest BCUT2D eigenvalue weighted by molar-refractivity contribution is 7.97. The molecule has 28 heavy (non-hydrogen) atoms. The molecule has 0 bridgehead atoms. The molecule has 0 atom stereocenters. The summed E-state index contributed by atoms with van der Waals surface area (Å²) in [5.74, 6) is 1.33. The number of ether oxygens (including phenoxy) is 1. The van der Waals surface area contributed by atoms with Gasteiger partial charge in [0.25, 0.3) is 5.91 Å². The van der Waals surface area contributed by atoms with Gasteiger partial charge in [0.1, 0.15) is 12.4 Å². The summed E-state index contributed by atoms with van der Waals surface area (Å²) in [4.78, 5) is 12.5. The second-order valence-electron chi connectivity index (χ2n) is 6.17. The van der Waals surface area contributed by atoms with Crippen LogP contribution in [0.15, 0.2) is 72.8 Å². The van der Waals surface area contributed by atoms with Gasteiger partial charge in [0.05, 0.1) is 11.6 Å². The van der Waals surface area contributed by atoms with Crippen molar-refractivity contribution in [3.05, 3.63) is 95.1 Å². The lowest BCUT2D eigenvalue weighted by atomic mass is 10.1. The van der Waals surface area contributed by atoms with E-state index < -0.39 is 0 Å². The van der Waals surface area contributed by atoms with Gasteiger partial charge in [-0.15, -0.1) is 0 Å². The molecule has 0 saturated heterocycles. The number of hydrogen-bond donors (Lipinski definition) is 1. The van der Waals surface area contributed by atoms with E-state index >= 15 is 0 Å². The number of benzene rings is 3. The molecule has 0 aliphatic carbocycles. The average molecular weight is 388 g/mol. The molecule has 0 saturated carbocycles. The zero-order chi connectivity index (χ0) is 19.8. The Hall–Kier alpha value is -3.23. The normalized spacial score (nSPS) is 10.1. The zero-order valence-electron chi connectivity index (χ0n) is 15.5. The third kappa shape index (κ3) is 5.15. The number of nitrogens with one attached hydrogen (secondary N) is 1. The highest BCUT2D eigenvalue weighted by Crippen LogP contribution is 2.19. The Kier molecular flexibility index (Phi) is 6.72. The number of nitriles is 1. The Morgan fingerprint density at radius 2 is 1.86 bits per heavy atom. The smallest absolute Gasteiger partial charge is 0.255 e. The van der Waals surface area contributed by atoms with Crippen molar-refractivity contribution in [3.63, 3.8) is 0 Å². The third-order valence-electron chi connectivity index (χ3n) is 4.15. The second-order valence-corrected chi connectivity index (χ2v) is 7.04. The number of amides is 1. The minimum absolute atomic E-state index is 0.194. The van der Waals surface area contributed by atoms with Crippen molar-refractivity contribution in [2.24, 2.45) is 0 Å². The number of carbonyl (C=O) groups excluding carboxylic acids is 1. The highest BCUT2D eigenvalue weighted by Gasteiger charge is 2.08. The Morgan fingerprint density at radius 1 is 1.07 bits per heavy atom. The Labute approximate surface area is 169 Å². The lowest BCUT2D eigenvalue weighted by Gasteiger charge is -2.10. The predicted octanol–water partition coefficient (Wildman–Crippen LogP) is 5.25. The number of thioether (sulfide) groups is 1. The van der Waals surface area contributed by atoms with E-state index in [1.807, 2.05) is 42.5 Å². The highest BCUT2D eigenvalue weighted by atomic mass is 32.2. The van der Waals surface area contributed by atoms with Gasteiger partial charge in [-0.1, -0.05) is 36.4 Å². The van der Waals surface area contributed by atoms with Crippen LogP contribution in [-0.4, -0.2) is 12.2 Å². The number of carbonyl (C=O) groups is 1. The molecule has 3 rings (SSSR count). The first kappa shape index (κ1) is 19.5. The molecular formula is C23H20N2O2S. The molecule has 0 aliphatic heterocycles. The summed E-state index contributed by atoms with van der Waals surface area (Å²) in [6.45, 7) is 0.270. The summed E-state index contributed by atoms with van der Waals surface area (Å²) >= 11 is 1.76. The van der Waals surface area contributed by atoms with Crippen LogP contribution in [0.1, 0.15) is 27.0 Å². The molecule has 140 valence electrons. The zero-order valence-corrected chi connectivity index (χ0v) is 16.3. The van der Waals surface area contributed by atoms with Gasteiger partial charge in [0.2, 0.25) is 0 Å². The molecule has 0 aliphatic rings. The molecule has 3 aromatic rings. The third-order valence-corrected chi connectivity index (χ3v) is 4.77. The van der Waals surface area contributed by atoms with Crippen molar-refractivity contribution < 1.29 is 9.53 Å². The summed E-state index contributed by atoms with van der Waals surface area (Å²) in [6.07, 6.45) is 2.06. The first-order valence-corrected chi connectivity index (χ1v) is 10.2. The lowest BCUT2D eigenvalue weighted by Crippen LogP contribution is -2.12. The predicted molar refractivity (Wildman–Crippen MR) is 114 cm³/mol. The monoisotopic (exact) mass is 388 g/mol. The Balaban J connectivity index is 1.65. The molecule has 4 nitrogen and oxygen atoms in total. The van der Waals surface area contributed by atoms with Gasteiger partial charge in [-0.25, -0.2) is 0 Å². The van der Waals surface area contributed by atoms with E-state index in [1.165, 1.54) is 5.56 Å². The van der Waals surface area contributed by atoms with Crippen molar-refractivity contribution in [3.8, 4) is 11.8 Å². The Bertz CT molecular complexity index is 994. The maximum absolute atomic E-state index is 12.5. The number of nitrogens with zero attached hydrogens (tertiary/aromatic N) is 1. The average Bonchev–Trinajstić information content (AvgIpc) is 2.74. The van der Waals surface area contributed by atoms with Crippen LogP contribution in [0.3, 0.4) is 0 Å². The maximum Gasteiger partial charge on any atom is 0.255 e. The van der Waals surface area contributed by atoms with Gasteiger partial charge in [0.15, 0.2) is 0 Å². The molecule has 0 heterocycles. The summed E-state index contributed by atoms with van der Waals surface area (Å²) in [5, 5.41) is 12.1.